The van der Waals surface area contributed by atoms with Crippen LogP contribution in [0.25, 0.3) is 22.5 Å². The van der Waals surface area contributed by atoms with Crippen LogP contribution in [0.4, 0.5) is 10.2 Å². The van der Waals surface area contributed by atoms with Crippen molar-refractivity contribution in [3.63, 3.8) is 0 Å². The van der Waals surface area contributed by atoms with E-state index in [1.807, 2.05) is 18.2 Å². The normalized spacial score (nSPS) is 10.8. The number of anilines is 1. The number of nitrogen functional groups attached to an aromatic ring is 1. The molecule has 3 rings (SSSR count). The average Bonchev–Trinajstić information content (AvgIpc) is 2.79. The molecule has 6 heteroatoms. The van der Waals surface area contributed by atoms with Gasteiger partial charge in [-0.05, 0) is 35.9 Å². The summed E-state index contributed by atoms with van der Waals surface area (Å²) in [5, 5.41) is 3.81. The van der Waals surface area contributed by atoms with E-state index in [0.29, 0.717) is 16.9 Å². The summed E-state index contributed by atoms with van der Waals surface area (Å²) in [6.07, 6.45) is 0. The van der Waals surface area contributed by atoms with Gasteiger partial charge in [0.15, 0.2) is 11.6 Å². The van der Waals surface area contributed by atoms with Gasteiger partial charge in [0, 0.05) is 14.5 Å². The Labute approximate surface area is 137 Å². The lowest BCUT2D eigenvalue weighted by Crippen LogP contribution is -1.89. The largest absolute Gasteiger partial charge is 0.380 e. The molecule has 0 atom stereocenters. The molecule has 0 fully saturated rings. The molecular weight excluding hydrogens is 403 g/mol. The lowest BCUT2D eigenvalue weighted by atomic mass is 10.0. The van der Waals surface area contributed by atoms with Crippen molar-refractivity contribution in [3.8, 4) is 22.5 Å². The average molecular weight is 412 g/mol. The Kier molecular flexibility index (Phi) is 3.82. The number of nitrogens with two attached hydrogens (primary N) is 1. The first-order valence-corrected chi connectivity index (χ1v) is 7.61. The monoisotopic (exact) mass is 410 g/mol. The molecule has 0 saturated carbocycles. The van der Waals surface area contributed by atoms with E-state index in [9.17, 15) is 4.39 Å². The number of rotatable bonds is 2. The molecule has 1 heterocycles. The van der Waals surface area contributed by atoms with Crippen LogP contribution in [0.15, 0.2) is 55.9 Å². The molecule has 3 aromatic rings. The predicted octanol–water partition coefficient (Wildman–Crippen LogP) is 5.25. The fraction of sp³-hybridized carbons (Fsp3) is 0. The van der Waals surface area contributed by atoms with E-state index in [0.717, 1.165) is 14.5 Å². The number of hydrogen-bond acceptors (Lipinski definition) is 3. The molecule has 0 saturated heterocycles. The molecule has 0 aliphatic rings. The van der Waals surface area contributed by atoms with Gasteiger partial charge in [-0.15, -0.1) is 0 Å². The molecule has 0 aliphatic heterocycles. The first-order chi connectivity index (χ1) is 10.0. The van der Waals surface area contributed by atoms with Crippen molar-refractivity contribution < 1.29 is 8.91 Å². The topological polar surface area (TPSA) is 52.0 Å². The van der Waals surface area contributed by atoms with Crippen molar-refractivity contribution in [2.45, 2.75) is 0 Å². The van der Waals surface area contributed by atoms with Gasteiger partial charge in [-0.2, -0.15) is 0 Å². The van der Waals surface area contributed by atoms with E-state index in [4.69, 9.17) is 10.3 Å². The van der Waals surface area contributed by atoms with Crippen molar-refractivity contribution in [1.29, 1.82) is 0 Å². The Morgan fingerprint density at radius 2 is 1.71 bits per heavy atom. The highest BCUT2D eigenvalue weighted by Crippen LogP contribution is 2.38. The molecule has 0 bridgehead atoms. The zero-order valence-corrected chi connectivity index (χ0v) is 13.8. The third-order valence-electron chi connectivity index (χ3n) is 2.96. The maximum Gasteiger partial charge on any atom is 0.176 e. The Hall–Kier alpha value is -1.66. The maximum atomic E-state index is 13.4. The number of halogens is 3. The first kappa shape index (κ1) is 14.3. The molecule has 3 nitrogen and oxygen atoms in total. The van der Waals surface area contributed by atoms with Crippen LogP contribution < -0.4 is 5.73 Å². The Balaban J connectivity index is 2.21. The van der Waals surface area contributed by atoms with Gasteiger partial charge < -0.3 is 10.3 Å². The van der Waals surface area contributed by atoms with Gasteiger partial charge in [-0.1, -0.05) is 49.1 Å². The van der Waals surface area contributed by atoms with E-state index in [1.54, 1.807) is 12.1 Å². The van der Waals surface area contributed by atoms with Crippen LogP contribution >= 0.6 is 31.9 Å². The smallest absolute Gasteiger partial charge is 0.176 e. The summed E-state index contributed by atoms with van der Waals surface area (Å²) in [7, 11) is 0. The molecule has 0 unspecified atom stereocenters. The lowest BCUT2D eigenvalue weighted by molar-refractivity contribution is 0.436. The fourth-order valence-corrected chi connectivity index (χ4v) is 3.40. The summed E-state index contributed by atoms with van der Waals surface area (Å²) in [6.45, 7) is 0. The van der Waals surface area contributed by atoms with Crippen molar-refractivity contribution in [1.82, 2.24) is 5.16 Å². The predicted molar refractivity (Wildman–Crippen MR) is 87.1 cm³/mol. The molecule has 0 amide bonds. The first-order valence-electron chi connectivity index (χ1n) is 6.02. The van der Waals surface area contributed by atoms with Crippen LogP contribution in [0.5, 0.6) is 0 Å². The Bertz CT molecular complexity index is 797. The van der Waals surface area contributed by atoms with Gasteiger partial charge in [0.25, 0.3) is 0 Å². The van der Waals surface area contributed by atoms with Crippen molar-refractivity contribution in [2.24, 2.45) is 0 Å². The third kappa shape index (κ3) is 2.87. The second kappa shape index (κ2) is 5.61. The number of hydrogen-bond donors (Lipinski definition) is 1. The fourth-order valence-electron chi connectivity index (χ4n) is 2.11. The molecule has 21 heavy (non-hydrogen) atoms. The van der Waals surface area contributed by atoms with Gasteiger partial charge in [0.1, 0.15) is 5.82 Å². The molecule has 106 valence electrons. The maximum absolute atomic E-state index is 13.4. The molecule has 2 aromatic carbocycles. The van der Waals surface area contributed by atoms with Crippen molar-refractivity contribution >= 4 is 37.7 Å². The lowest BCUT2D eigenvalue weighted by Gasteiger charge is -2.04. The van der Waals surface area contributed by atoms with Gasteiger partial charge in [-0.25, -0.2) is 4.39 Å². The van der Waals surface area contributed by atoms with Crippen LogP contribution in [-0.4, -0.2) is 5.16 Å². The summed E-state index contributed by atoms with van der Waals surface area (Å²) < 4.78 is 20.6. The third-order valence-corrected chi connectivity index (χ3v) is 3.87. The SMILES string of the molecule is Nc1noc(-c2cc(Br)cc(Br)c2)c1-c1cccc(F)c1. The summed E-state index contributed by atoms with van der Waals surface area (Å²) >= 11 is 6.85. The minimum atomic E-state index is -0.338. The number of aromatic nitrogens is 1. The summed E-state index contributed by atoms with van der Waals surface area (Å²) in [5.74, 6) is 0.390. The molecular formula is C15H9Br2FN2O. The van der Waals surface area contributed by atoms with Crippen LogP contribution in [0.1, 0.15) is 0 Å². The van der Waals surface area contributed by atoms with Crippen molar-refractivity contribution in [3.05, 3.63) is 57.2 Å². The van der Waals surface area contributed by atoms with Gasteiger partial charge >= 0.3 is 0 Å². The van der Waals surface area contributed by atoms with Gasteiger partial charge in [0.05, 0.1) is 5.56 Å². The highest BCUT2D eigenvalue weighted by atomic mass is 79.9. The van der Waals surface area contributed by atoms with Crippen LogP contribution in [0, 0.1) is 5.82 Å². The van der Waals surface area contributed by atoms with E-state index in [1.165, 1.54) is 12.1 Å². The van der Waals surface area contributed by atoms with Gasteiger partial charge in [0.2, 0.25) is 0 Å². The zero-order valence-electron chi connectivity index (χ0n) is 10.6. The van der Waals surface area contributed by atoms with Gasteiger partial charge in [-0.3, -0.25) is 0 Å². The standard InChI is InChI=1S/C15H9Br2FN2O/c16-10-4-9(5-11(17)7-10)14-13(15(19)20-21-14)8-2-1-3-12(18)6-8/h1-7H,(H2,19,20). The van der Waals surface area contributed by atoms with Crippen LogP contribution in [0.3, 0.4) is 0 Å². The van der Waals surface area contributed by atoms with E-state index in [-0.39, 0.29) is 11.6 Å². The highest BCUT2D eigenvalue weighted by molar-refractivity contribution is 9.11. The van der Waals surface area contributed by atoms with E-state index >= 15 is 0 Å². The Morgan fingerprint density at radius 1 is 1.00 bits per heavy atom. The zero-order chi connectivity index (χ0) is 15.0. The van der Waals surface area contributed by atoms with Crippen LogP contribution in [-0.2, 0) is 0 Å². The van der Waals surface area contributed by atoms with Crippen molar-refractivity contribution in [2.75, 3.05) is 5.73 Å². The van der Waals surface area contributed by atoms with E-state index in [2.05, 4.69) is 37.0 Å². The summed E-state index contributed by atoms with van der Waals surface area (Å²) in [6, 6.07) is 11.8. The second-order valence-corrected chi connectivity index (χ2v) is 6.27. The summed E-state index contributed by atoms with van der Waals surface area (Å²) in [5.41, 5.74) is 7.89. The number of benzene rings is 2. The number of nitrogens with zero attached hydrogens (tertiary/aromatic N) is 1. The highest BCUT2D eigenvalue weighted by Gasteiger charge is 2.18. The molecule has 0 spiro atoms. The summed E-state index contributed by atoms with van der Waals surface area (Å²) in [4.78, 5) is 0. The van der Waals surface area contributed by atoms with Crippen LogP contribution in [0.2, 0.25) is 0 Å². The minimum Gasteiger partial charge on any atom is -0.380 e. The minimum absolute atomic E-state index is 0.228. The Morgan fingerprint density at radius 3 is 2.38 bits per heavy atom. The second-order valence-electron chi connectivity index (χ2n) is 4.44. The molecule has 1 aromatic heterocycles. The molecule has 0 aliphatic carbocycles. The quantitative estimate of drug-likeness (QED) is 0.626. The molecule has 0 radical (unpaired) electrons. The molecule has 2 N–H and O–H groups in total. The van der Waals surface area contributed by atoms with E-state index < -0.39 is 0 Å².